The highest BCUT2D eigenvalue weighted by Gasteiger charge is 2.51. The Hall–Kier alpha value is -5.64. The van der Waals surface area contributed by atoms with Crippen LogP contribution in [0.3, 0.4) is 0 Å². The van der Waals surface area contributed by atoms with E-state index in [0.29, 0.717) is 0 Å². The largest absolute Gasteiger partial charge is 0.356 e. The van der Waals surface area contributed by atoms with Gasteiger partial charge < -0.3 is 10.2 Å². The lowest BCUT2D eigenvalue weighted by atomic mass is 9.64. The van der Waals surface area contributed by atoms with Crippen LogP contribution in [0.2, 0.25) is 0 Å². The van der Waals surface area contributed by atoms with E-state index in [1.165, 1.54) is 70.6 Å². The predicted octanol–water partition coefficient (Wildman–Crippen LogP) is 11.9. The molecule has 216 valence electrons. The van der Waals surface area contributed by atoms with Crippen LogP contribution in [0.25, 0.3) is 31.3 Å². The Morgan fingerprint density at radius 2 is 1.07 bits per heavy atom. The van der Waals surface area contributed by atoms with Crippen LogP contribution in [-0.2, 0) is 5.41 Å². The summed E-state index contributed by atoms with van der Waals surface area (Å²) in [7, 11) is 0. The monoisotopic (exact) mass is 604 g/mol. The van der Waals surface area contributed by atoms with Gasteiger partial charge in [0, 0.05) is 37.2 Å². The molecule has 1 aliphatic carbocycles. The number of rotatable bonds is 3. The summed E-state index contributed by atoms with van der Waals surface area (Å²) in [6.45, 7) is 0. The van der Waals surface area contributed by atoms with Crippen LogP contribution in [0.1, 0.15) is 22.3 Å². The van der Waals surface area contributed by atoms with Gasteiger partial charge in [-0.1, -0.05) is 109 Å². The summed E-state index contributed by atoms with van der Waals surface area (Å²) < 4.78 is 2.63. The fourth-order valence-corrected chi connectivity index (χ4v) is 9.14. The molecule has 3 heteroatoms. The lowest BCUT2D eigenvalue weighted by Crippen LogP contribution is -2.36. The molecule has 1 spiro atoms. The minimum Gasteiger partial charge on any atom is -0.356 e. The molecular formula is C43H28N2S. The Bertz CT molecular complexity index is 2430. The van der Waals surface area contributed by atoms with Crippen molar-refractivity contribution in [1.29, 1.82) is 0 Å². The second kappa shape index (κ2) is 9.68. The quantitative estimate of drug-likeness (QED) is 0.216. The first-order valence-corrected chi connectivity index (χ1v) is 16.6. The van der Waals surface area contributed by atoms with Crippen LogP contribution in [0.15, 0.2) is 164 Å². The number of hydrogen-bond acceptors (Lipinski definition) is 3. The van der Waals surface area contributed by atoms with Crippen molar-refractivity contribution in [2.75, 3.05) is 10.2 Å². The maximum Gasteiger partial charge on any atom is 0.0755 e. The van der Waals surface area contributed by atoms with E-state index in [4.69, 9.17) is 0 Å². The molecule has 46 heavy (non-hydrogen) atoms. The maximum absolute atomic E-state index is 3.68. The Balaban J connectivity index is 1.24. The molecule has 0 amide bonds. The van der Waals surface area contributed by atoms with E-state index in [1.807, 2.05) is 11.3 Å². The van der Waals surface area contributed by atoms with E-state index in [2.05, 4.69) is 174 Å². The first-order chi connectivity index (χ1) is 22.8. The van der Waals surface area contributed by atoms with E-state index >= 15 is 0 Å². The zero-order valence-corrected chi connectivity index (χ0v) is 25.8. The van der Waals surface area contributed by atoms with Crippen LogP contribution < -0.4 is 10.2 Å². The van der Waals surface area contributed by atoms with E-state index in [0.717, 1.165) is 11.4 Å². The van der Waals surface area contributed by atoms with Crippen molar-refractivity contribution in [3.63, 3.8) is 0 Å². The average Bonchev–Trinajstić information content (AvgIpc) is 3.62. The first-order valence-electron chi connectivity index (χ1n) is 15.8. The third kappa shape index (κ3) is 3.46. The van der Waals surface area contributed by atoms with Gasteiger partial charge in [-0.25, -0.2) is 0 Å². The van der Waals surface area contributed by atoms with Gasteiger partial charge in [-0.15, -0.1) is 11.3 Å². The SMILES string of the molecule is c1ccc(Nc2ccc3c(c2)C2(c4ccccc4-3)c3ccccc3N(c3ccc4c(c3)sc3ccccc34)c3ccccc32)cc1. The molecule has 0 radical (unpaired) electrons. The number of nitrogens with one attached hydrogen (secondary N) is 1. The van der Waals surface area contributed by atoms with E-state index in [9.17, 15) is 0 Å². The number of para-hydroxylation sites is 3. The lowest BCUT2D eigenvalue weighted by molar-refractivity contribution is 0.753. The zero-order valence-electron chi connectivity index (χ0n) is 24.9. The van der Waals surface area contributed by atoms with Crippen LogP contribution in [-0.4, -0.2) is 0 Å². The molecule has 0 fully saturated rings. The molecule has 1 N–H and O–H groups in total. The van der Waals surface area contributed by atoms with Crippen molar-refractivity contribution in [3.8, 4) is 11.1 Å². The van der Waals surface area contributed by atoms with Crippen molar-refractivity contribution >= 4 is 59.9 Å². The molecular weight excluding hydrogens is 577 g/mol. The molecule has 1 aromatic heterocycles. The minimum atomic E-state index is -0.467. The van der Waals surface area contributed by atoms with Gasteiger partial charge in [0.2, 0.25) is 0 Å². The van der Waals surface area contributed by atoms with Crippen LogP contribution >= 0.6 is 11.3 Å². The van der Waals surface area contributed by atoms with Gasteiger partial charge in [-0.3, -0.25) is 0 Å². The number of nitrogens with zero attached hydrogens (tertiary/aromatic N) is 1. The molecule has 0 unspecified atom stereocenters. The summed E-state index contributed by atoms with van der Waals surface area (Å²) in [4.78, 5) is 2.48. The maximum atomic E-state index is 3.68. The summed E-state index contributed by atoms with van der Waals surface area (Å²) in [6, 6.07) is 60.1. The Morgan fingerprint density at radius 1 is 0.435 bits per heavy atom. The van der Waals surface area contributed by atoms with Gasteiger partial charge in [0.15, 0.2) is 0 Å². The number of benzene rings is 7. The smallest absolute Gasteiger partial charge is 0.0755 e. The average molecular weight is 605 g/mol. The number of hydrogen-bond donors (Lipinski definition) is 1. The Morgan fingerprint density at radius 3 is 1.87 bits per heavy atom. The third-order valence-electron chi connectivity index (χ3n) is 9.83. The van der Waals surface area contributed by atoms with Crippen molar-refractivity contribution in [2.24, 2.45) is 0 Å². The highest BCUT2D eigenvalue weighted by atomic mass is 32.1. The predicted molar refractivity (Wildman–Crippen MR) is 195 cm³/mol. The number of thiophene rings is 1. The molecule has 2 nitrogen and oxygen atoms in total. The topological polar surface area (TPSA) is 15.3 Å². The van der Waals surface area contributed by atoms with Crippen molar-refractivity contribution in [2.45, 2.75) is 5.41 Å². The second-order valence-corrected chi connectivity index (χ2v) is 13.3. The number of fused-ring (bicyclic) bond motifs is 12. The van der Waals surface area contributed by atoms with Gasteiger partial charge in [0.25, 0.3) is 0 Å². The standard InChI is InChI=1S/C43H28N2S/c1-2-12-28(13-3-1)44-29-22-24-32-31-14-4-6-16-35(31)43(38(32)26-29)36-17-7-9-19-39(36)45(40-20-10-8-18-37(40)43)30-23-25-34-33-15-5-11-21-41(33)46-42(34)27-30/h1-27,44H. The normalized spacial score (nSPS) is 13.8. The fourth-order valence-electron chi connectivity index (χ4n) is 8.00. The highest BCUT2D eigenvalue weighted by Crippen LogP contribution is 2.63. The molecule has 0 saturated heterocycles. The van der Waals surface area contributed by atoms with Crippen LogP contribution in [0.4, 0.5) is 28.4 Å². The molecule has 10 rings (SSSR count). The molecule has 8 aromatic rings. The van der Waals surface area contributed by atoms with Crippen LogP contribution in [0, 0.1) is 0 Å². The molecule has 0 bridgehead atoms. The van der Waals surface area contributed by atoms with Crippen molar-refractivity contribution in [1.82, 2.24) is 0 Å². The van der Waals surface area contributed by atoms with E-state index in [1.54, 1.807) is 0 Å². The molecule has 7 aromatic carbocycles. The second-order valence-electron chi connectivity index (χ2n) is 12.2. The van der Waals surface area contributed by atoms with E-state index < -0.39 is 5.41 Å². The van der Waals surface area contributed by atoms with Gasteiger partial charge in [0.1, 0.15) is 0 Å². The first kappa shape index (κ1) is 25.7. The van der Waals surface area contributed by atoms with Gasteiger partial charge in [-0.2, -0.15) is 0 Å². The Labute approximate surface area is 271 Å². The van der Waals surface area contributed by atoms with E-state index in [-0.39, 0.29) is 0 Å². The van der Waals surface area contributed by atoms with Gasteiger partial charge in [0.05, 0.1) is 16.8 Å². The molecule has 0 saturated carbocycles. The molecule has 0 atom stereocenters. The lowest BCUT2D eigenvalue weighted by Gasteiger charge is -2.45. The summed E-state index contributed by atoms with van der Waals surface area (Å²) in [5, 5.41) is 6.33. The zero-order chi connectivity index (χ0) is 30.2. The summed E-state index contributed by atoms with van der Waals surface area (Å²) >= 11 is 1.87. The van der Waals surface area contributed by atoms with Crippen molar-refractivity contribution in [3.05, 3.63) is 186 Å². The Kier molecular flexibility index (Phi) is 5.40. The van der Waals surface area contributed by atoms with Gasteiger partial charge in [-0.05, 0) is 88.0 Å². The summed E-state index contributed by atoms with van der Waals surface area (Å²) in [5.41, 5.74) is 13.1. The van der Waals surface area contributed by atoms with Crippen LogP contribution in [0.5, 0.6) is 0 Å². The minimum absolute atomic E-state index is 0.467. The third-order valence-corrected chi connectivity index (χ3v) is 11.0. The summed E-state index contributed by atoms with van der Waals surface area (Å²) in [5.74, 6) is 0. The molecule has 2 aliphatic rings. The number of anilines is 5. The van der Waals surface area contributed by atoms with Gasteiger partial charge >= 0.3 is 0 Å². The fraction of sp³-hybridized carbons (Fsp3) is 0.0233. The highest BCUT2D eigenvalue weighted by molar-refractivity contribution is 7.25. The molecule has 1 aliphatic heterocycles. The van der Waals surface area contributed by atoms with Crippen molar-refractivity contribution < 1.29 is 0 Å². The summed E-state index contributed by atoms with van der Waals surface area (Å²) in [6.07, 6.45) is 0. The molecule has 2 heterocycles.